The fraction of sp³-hybridized carbons (Fsp3) is 0.250. The molecule has 0 aromatic heterocycles. The molecule has 0 aliphatic carbocycles. The molecule has 0 aliphatic rings. The van der Waals surface area contributed by atoms with Crippen molar-refractivity contribution >= 4 is 5.97 Å². The van der Waals surface area contributed by atoms with Crippen molar-refractivity contribution in [2.75, 3.05) is 0 Å². The minimum Gasteiger partial charge on any atom is -0.550 e. The Labute approximate surface area is 88.4 Å². The maximum Gasteiger partial charge on any atom is 0.115 e. The van der Waals surface area contributed by atoms with Crippen LogP contribution in [0.1, 0.15) is 24.8 Å². The first-order valence-corrected chi connectivity index (χ1v) is 4.54. The molecule has 0 bridgehead atoms. The Morgan fingerprint density at radius 1 is 1.47 bits per heavy atom. The quantitative estimate of drug-likeness (QED) is 0.733. The average molecular weight is 203 g/mol. The van der Waals surface area contributed by atoms with E-state index < -0.39 is 5.97 Å². The Hall–Kier alpha value is -1.95. The molecule has 1 aromatic carbocycles. The normalized spacial score (nSPS) is 11.3. The van der Waals surface area contributed by atoms with E-state index in [-0.39, 0.29) is 18.1 Å². The number of carboxylic acids is 1. The third-order valence-electron chi connectivity index (χ3n) is 1.98. The van der Waals surface area contributed by atoms with Gasteiger partial charge in [-0.2, -0.15) is 0 Å². The van der Waals surface area contributed by atoms with Crippen molar-refractivity contribution in [3.8, 4) is 17.6 Å². The van der Waals surface area contributed by atoms with Crippen molar-refractivity contribution in [3.63, 3.8) is 0 Å². The molecule has 0 saturated heterocycles. The predicted octanol–water partition coefficient (Wildman–Crippen LogP) is 0.639. The number of carbonyl (C=O) groups excluding carboxylic acids is 1. The molecule has 1 atom stereocenters. The third kappa shape index (κ3) is 3.35. The van der Waals surface area contributed by atoms with Crippen molar-refractivity contribution in [2.45, 2.75) is 19.3 Å². The van der Waals surface area contributed by atoms with Crippen LogP contribution in [0.25, 0.3) is 0 Å². The van der Waals surface area contributed by atoms with Gasteiger partial charge in [0.15, 0.2) is 0 Å². The zero-order valence-corrected chi connectivity index (χ0v) is 8.36. The lowest BCUT2D eigenvalue weighted by Gasteiger charge is -2.11. The van der Waals surface area contributed by atoms with Gasteiger partial charge >= 0.3 is 0 Å². The van der Waals surface area contributed by atoms with Gasteiger partial charge in [-0.25, -0.2) is 0 Å². The highest BCUT2D eigenvalue weighted by Gasteiger charge is 2.08. The van der Waals surface area contributed by atoms with Gasteiger partial charge in [0.2, 0.25) is 0 Å². The average Bonchev–Trinajstić information content (AvgIpc) is 2.17. The van der Waals surface area contributed by atoms with Gasteiger partial charge in [-0.05, 0) is 24.6 Å². The van der Waals surface area contributed by atoms with E-state index in [2.05, 4.69) is 11.8 Å². The lowest BCUT2D eigenvalue weighted by atomic mass is 9.96. The summed E-state index contributed by atoms with van der Waals surface area (Å²) in [6.07, 6.45) is -0.133. The van der Waals surface area contributed by atoms with Crippen LogP contribution in [0.4, 0.5) is 0 Å². The molecule has 0 heterocycles. The van der Waals surface area contributed by atoms with E-state index >= 15 is 0 Å². The molecule has 1 N–H and O–H groups in total. The second-order valence-corrected chi connectivity index (χ2v) is 3.11. The minimum absolute atomic E-state index is 0.133. The molecule has 0 saturated carbocycles. The summed E-state index contributed by atoms with van der Waals surface area (Å²) in [6, 6.07) is 6.34. The SMILES string of the molecule is CC#C[C@H](CC(=O)[O-])c1ccc(O)cc1. The monoisotopic (exact) mass is 203 g/mol. The Morgan fingerprint density at radius 3 is 2.53 bits per heavy atom. The first kappa shape index (κ1) is 11.1. The molecule has 1 rings (SSSR count). The number of aliphatic carboxylic acids is 1. The highest BCUT2D eigenvalue weighted by molar-refractivity contribution is 5.66. The Balaban J connectivity index is 2.92. The summed E-state index contributed by atoms with van der Waals surface area (Å²) in [7, 11) is 0. The lowest BCUT2D eigenvalue weighted by Crippen LogP contribution is -2.24. The Morgan fingerprint density at radius 2 is 2.07 bits per heavy atom. The van der Waals surface area contributed by atoms with E-state index in [4.69, 9.17) is 5.11 Å². The summed E-state index contributed by atoms with van der Waals surface area (Å²) in [5.41, 5.74) is 0.770. The maximum absolute atomic E-state index is 10.5. The van der Waals surface area contributed by atoms with Crippen LogP contribution in [0.3, 0.4) is 0 Å². The maximum atomic E-state index is 10.5. The second-order valence-electron chi connectivity index (χ2n) is 3.11. The Kier molecular flexibility index (Phi) is 3.75. The summed E-state index contributed by atoms with van der Waals surface area (Å²) < 4.78 is 0. The number of phenolic OH excluding ortho intramolecular Hbond substituents is 1. The van der Waals surface area contributed by atoms with E-state index in [0.717, 1.165) is 5.56 Å². The summed E-state index contributed by atoms with van der Waals surface area (Å²) in [5.74, 6) is 4.13. The molecule has 0 amide bonds. The van der Waals surface area contributed by atoms with Gasteiger partial charge in [0.1, 0.15) is 5.75 Å². The highest BCUT2D eigenvalue weighted by atomic mass is 16.4. The van der Waals surface area contributed by atoms with Crippen LogP contribution in [-0.4, -0.2) is 11.1 Å². The van der Waals surface area contributed by atoms with Gasteiger partial charge in [0.25, 0.3) is 0 Å². The third-order valence-corrected chi connectivity index (χ3v) is 1.98. The fourth-order valence-corrected chi connectivity index (χ4v) is 1.30. The van der Waals surface area contributed by atoms with E-state index in [1.165, 1.54) is 12.1 Å². The van der Waals surface area contributed by atoms with Crippen molar-refractivity contribution < 1.29 is 15.0 Å². The van der Waals surface area contributed by atoms with Crippen molar-refractivity contribution in [3.05, 3.63) is 29.8 Å². The summed E-state index contributed by atoms with van der Waals surface area (Å²) in [4.78, 5) is 10.5. The van der Waals surface area contributed by atoms with Gasteiger partial charge in [-0.1, -0.05) is 18.1 Å². The van der Waals surface area contributed by atoms with Crippen LogP contribution < -0.4 is 5.11 Å². The number of carbonyl (C=O) groups is 1. The zero-order chi connectivity index (χ0) is 11.3. The molecule has 78 valence electrons. The Bertz CT molecular complexity index is 395. The van der Waals surface area contributed by atoms with Crippen LogP contribution in [-0.2, 0) is 4.79 Å². The van der Waals surface area contributed by atoms with Crippen molar-refractivity contribution in [2.24, 2.45) is 0 Å². The number of phenols is 1. The number of benzene rings is 1. The van der Waals surface area contributed by atoms with E-state index in [0.29, 0.717) is 0 Å². The number of hydrogen-bond donors (Lipinski definition) is 1. The molecule has 3 heteroatoms. The number of hydrogen-bond acceptors (Lipinski definition) is 3. The van der Waals surface area contributed by atoms with Gasteiger partial charge in [0, 0.05) is 12.4 Å². The highest BCUT2D eigenvalue weighted by Crippen LogP contribution is 2.20. The predicted molar refractivity (Wildman–Crippen MR) is 53.9 cm³/mol. The number of aromatic hydroxyl groups is 1. The summed E-state index contributed by atoms with van der Waals surface area (Å²) in [6.45, 7) is 1.66. The molecule has 0 spiro atoms. The number of carboxylic acid groups (broad SMARTS) is 1. The molecule has 15 heavy (non-hydrogen) atoms. The second kappa shape index (κ2) is 5.06. The van der Waals surface area contributed by atoms with Crippen LogP contribution in [0.15, 0.2) is 24.3 Å². The zero-order valence-electron chi connectivity index (χ0n) is 8.36. The van der Waals surface area contributed by atoms with Gasteiger partial charge in [-0.3, -0.25) is 0 Å². The minimum atomic E-state index is -1.13. The summed E-state index contributed by atoms with van der Waals surface area (Å²) in [5, 5.41) is 19.6. The van der Waals surface area contributed by atoms with Gasteiger partial charge < -0.3 is 15.0 Å². The van der Waals surface area contributed by atoms with E-state index in [1.807, 2.05) is 0 Å². The first-order valence-electron chi connectivity index (χ1n) is 4.54. The molecule has 0 unspecified atom stereocenters. The fourth-order valence-electron chi connectivity index (χ4n) is 1.30. The largest absolute Gasteiger partial charge is 0.550 e. The van der Waals surface area contributed by atoms with E-state index in [9.17, 15) is 9.90 Å². The molecular weight excluding hydrogens is 192 g/mol. The topological polar surface area (TPSA) is 60.4 Å². The van der Waals surface area contributed by atoms with Crippen molar-refractivity contribution in [1.29, 1.82) is 0 Å². The molecule has 0 aliphatic heterocycles. The summed E-state index contributed by atoms with van der Waals surface area (Å²) >= 11 is 0. The molecule has 0 fully saturated rings. The molecule has 0 radical (unpaired) electrons. The van der Waals surface area contributed by atoms with Crippen molar-refractivity contribution in [1.82, 2.24) is 0 Å². The molecule has 3 nitrogen and oxygen atoms in total. The van der Waals surface area contributed by atoms with E-state index in [1.54, 1.807) is 19.1 Å². The van der Waals surface area contributed by atoms with Crippen LogP contribution in [0, 0.1) is 11.8 Å². The lowest BCUT2D eigenvalue weighted by molar-refractivity contribution is -0.305. The van der Waals surface area contributed by atoms with Gasteiger partial charge in [-0.15, -0.1) is 5.92 Å². The first-order chi connectivity index (χ1) is 7.13. The smallest absolute Gasteiger partial charge is 0.115 e. The van der Waals surface area contributed by atoms with Crippen LogP contribution in [0.5, 0.6) is 5.75 Å². The molecule has 1 aromatic rings. The van der Waals surface area contributed by atoms with Gasteiger partial charge in [0.05, 0.1) is 5.92 Å². The van der Waals surface area contributed by atoms with Crippen LogP contribution >= 0.6 is 0 Å². The standard InChI is InChI=1S/C12H12O3/c1-2-3-10(8-12(14)15)9-4-6-11(13)7-5-9/h4-7,10,13H,8H2,1H3,(H,14,15)/p-1/t10-/m1/s1. The molecular formula is C12H11O3-. The van der Waals surface area contributed by atoms with Crippen LogP contribution in [0.2, 0.25) is 0 Å². The number of rotatable bonds is 3.